The minimum atomic E-state index is -0.708. The van der Waals surface area contributed by atoms with Crippen molar-refractivity contribution >= 4 is 28.7 Å². The number of amides is 1. The summed E-state index contributed by atoms with van der Waals surface area (Å²) < 4.78 is 13.9. The Bertz CT molecular complexity index is 878. The Hall–Kier alpha value is -3.23. The molecule has 0 bridgehead atoms. The topological polar surface area (TPSA) is 122 Å². The first-order valence-electron chi connectivity index (χ1n) is 7.28. The van der Waals surface area contributed by atoms with Crippen molar-refractivity contribution in [2.24, 2.45) is 5.73 Å². The number of hydrogen-bond acceptors (Lipinski definition) is 6. The van der Waals surface area contributed by atoms with Gasteiger partial charge in [0.15, 0.2) is 0 Å². The second-order valence-electron chi connectivity index (χ2n) is 5.15. The molecule has 0 unspecified atom stereocenters. The average molecular weight is 329 g/mol. The number of aromatic nitrogens is 4. The zero-order valence-electron chi connectivity index (χ0n) is 12.9. The van der Waals surface area contributed by atoms with Crippen LogP contribution in [0.25, 0.3) is 11.0 Å². The number of H-pyrrole nitrogens is 1. The zero-order chi connectivity index (χ0) is 17.1. The van der Waals surface area contributed by atoms with Gasteiger partial charge in [-0.2, -0.15) is 0 Å². The predicted molar refractivity (Wildman–Crippen MR) is 88.3 cm³/mol. The van der Waals surface area contributed by atoms with Crippen molar-refractivity contribution in [1.82, 2.24) is 19.9 Å². The van der Waals surface area contributed by atoms with Gasteiger partial charge in [-0.1, -0.05) is 0 Å². The van der Waals surface area contributed by atoms with Crippen LogP contribution in [0.1, 0.15) is 15.9 Å². The van der Waals surface area contributed by atoms with E-state index in [4.69, 9.17) is 5.73 Å². The van der Waals surface area contributed by atoms with Crippen molar-refractivity contribution in [2.45, 2.75) is 6.92 Å². The van der Waals surface area contributed by atoms with Crippen molar-refractivity contribution in [2.75, 3.05) is 23.7 Å². The van der Waals surface area contributed by atoms with Crippen LogP contribution in [0.5, 0.6) is 0 Å². The summed E-state index contributed by atoms with van der Waals surface area (Å²) in [7, 11) is 0. The van der Waals surface area contributed by atoms with E-state index in [1.54, 1.807) is 12.3 Å². The number of anilines is 2. The molecule has 0 aliphatic carbocycles. The lowest BCUT2D eigenvalue weighted by molar-refractivity contribution is 0.100. The molecule has 0 aliphatic heterocycles. The average Bonchev–Trinajstić information content (AvgIpc) is 2.95. The van der Waals surface area contributed by atoms with Crippen molar-refractivity contribution in [3.63, 3.8) is 0 Å². The summed E-state index contributed by atoms with van der Waals surface area (Å²) in [6.45, 7) is 2.63. The van der Waals surface area contributed by atoms with Gasteiger partial charge in [-0.15, -0.1) is 0 Å². The summed E-state index contributed by atoms with van der Waals surface area (Å²) in [5, 5.41) is 6.17. The van der Waals surface area contributed by atoms with Crippen LogP contribution in [0, 0.1) is 12.7 Å². The number of halogens is 1. The van der Waals surface area contributed by atoms with Gasteiger partial charge in [-0.05, 0) is 24.6 Å². The van der Waals surface area contributed by atoms with E-state index < -0.39 is 11.7 Å². The fourth-order valence-electron chi connectivity index (χ4n) is 2.37. The normalized spacial score (nSPS) is 10.8. The molecule has 1 amide bonds. The second kappa shape index (κ2) is 6.49. The van der Waals surface area contributed by atoms with E-state index in [1.165, 1.54) is 19.3 Å². The fourth-order valence-corrected chi connectivity index (χ4v) is 2.37. The molecular weight excluding hydrogens is 313 g/mol. The van der Waals surface area contributed by atoms with E-state index in [9.17, 15) is 9.18 Å². The Balaban J connectivity index is 1.72. The first-order valence-corrected chi connectivity index (χ1v) is 7.28. The maximum absolute atomic E-state index is 13.9. The maximum atomic E-state index is 13.9. The van der Waals surface area contributed by atoms with Crippen LogP contribution in [0.2, 0.25) is 0 Å². The first kappa shape index (κ1) is 15.7. The van der Waals surface area contributed by atoms with Gasteiger partial charge in [0.25, 0.3) is 5.91 Å². The molecule has 0 saturated heterocycles. The van der Waals surface area contributed by atoms with Gasteiger partial charge in [0, 0.05) is 19.3 Å². The minimum Gasteiger partial charge on any atom is -0.368 e. The smallest absolute Gasteiger partial charge is 0.251 e. The molecule has 0 atom stereocenters. The number of nitrogens with two attached hydrogens (primary N) is 1. The molecule has 2 aromatic heterocycles. The lowest BCUT2D eigenvalue weighted by Gasteiger charge is -2.05. The van der Waals surface area contributed by atoms with Crippen molar-refractivity contribution < 1.29 is 9.18 Å². The lowest BCUT2D eigenvalue weighted by atomic mass is 10.1. The summed E-state index contributed by atoms with van der Waals surface area (Å²) in [6, 6.07) is 3.06. The van der Waals surface area contributed by atoms with E-state index in [1.807, 2.05) is 0 Å². The molecule has 0 radical (unpaired) electrons. The number of hydrogen-bond donors (Lipinski definition) is 4. The largest absolute Gasteiger partial charge is 0.368 e. The molecule has 3 rings (SSSR count). The summed E-state index contributed by atoms with van der Waals surface area (Å²) >= 11 is 0. The molecule has 124 valence electrons. The molecule has 0 aliphatic rings. The molecular formula is C15H16FN7O. The molecule has 1 aromatic carbocycles. The Kier molecular flexibility index (Phi) is 4.23. The molecule has 0 saturated carbocycles. The quantitative estimate of drug-likeness (QED) is 0.507. The van der Waals surface area contributed by atoms with E-state index in [0.717, 1.165) is 0 Å². The molecule has 0 fully saturated rings. The van der Waals surface area contributed by atoms with Crippen LogP contribution in [0.4, 0.5) is 16.2 Å². The molecule has 9 heteroatoms. The molecule has 3 aromatic rings. The van der Waals surface area contributed by atoms with Crippen molar-refractivity contribution in [3.05, 3.63) is 41.6 Å². The third kappa shape index (κ3) is 3.09. The number of aromatic amines is 1. The number of fused-ring (bicyclic) bond motifs is 1. The summed E-state index contributed by atoms with van der Waals surface area (Å²) in [5.41, 5.74) is 6.40. The Labute approximate surface area is 136 Å². The highest BCUT2D eigenvalue weighted by Crippen LogP contribution is 2.24. The van der Waals surface area contributed by atoms with Crippen molar-refractivity contribution in [1.29, 1.82) is 0 Å². The summed E-state index contributed by atoms with van der Waals surface area (Å²) in [4.78, 5) is 26.7. The highest BCUT2D eigenvalue weighted by molar-refractivity contribution is 6.05. The SMILES string of the molecule is Cc1c(F)cc2[nH]c(NCCNc3ccncn3)nc2c1C(N)=O. The zero-order valence-corrected chi connectivity index (χ0v) is 12.9. The Morgan fingerprint density at radius 3 is 2.88 bits per heavy atom. The van der Waals surface area contributed by atoms with Crippen LogP contribution in [0.3, 0.4) is 0 Å². The van der Waals surface area contributed by atoms with E-state index >= 15 is 0 Å². The standard InChI is InChI=1S/C15H16FN7O/c1-8-9(16)6-10-13(12(8)14(17)24)23-15(22-10)20-5-4-19-11-2-3-18-7-21-11/h2-3,6-7H,4-5H2,1H3,(H2,17,24)(H,18,19,21)(H2,20,22,23). The van der Waals surface area contributed by atoms with Gasteiger partial charge >= 0.3 is 0 Å². The van der Waals surface area contributed by atoms with Gasteiger partial charge in [0.05, 0.1) is 11.1 Å². The number of nitrogens with one attached hydrogen (secondary N) is 3. The van der Waals surface area contributed by atoms with Crippen LogP contribution in [-0.4, -0.2) is 38.9 Å². The van der Waals surface area contributed by atoms with Gasteiger partial charge in [-0.25, -0.2) is 19.3 Å². The van der Waals surface area contributed by atoms with Gasteiger partial charge in [0.1, 0.15) is 23.5 Å². The van der Waals surface area contributed by atoms with Gasteiger partial charge < -0.3 is 21.4 Å². The number of carbonyl (C=O) groups excluding carboxylic acids is 1. The van der Waals surface area contributed by atoms with Gasteiger partial charge in [0.2, 0.25) is 5.95 Å². The monoisotopic (exact) mass is 329 g/mol. The van der Waals surface area contributed by atoms with E-state index in [0.29, 0.717) is 35.9 Å². The molecule has 0 spiro atoms. The minimum absolute atomic E-state index is 0.0911. The highest BCUT2D eigenvalue weighted by atomic mass is 19.1. The van der Waals surface area contributed by atoms with E-state index in [2.05, 4.69) is 30.6 Å². The van der Waals surface area contributed by atoms with Crippen LogP contribution in [-0.2, 0) is 0 Å². The fraction of sp³-hybridized carbons (Fsp3) is 0.200. The van der Waals surface area contributed by atoms with E-state index in [-0.39, 0.29) is 11.1 Å². The molecule has 5 N–H and O–H groups in total. The van der Waals surface area contributed by atoms with Crippen LogP contribution in [0.15, 0.2) is 24.7 Å². The molecule has 2 heterocycles. The van der Waals surface area contributed by atoms with Crippen LogP contribution < -0.4 is 16.4 Å². The number of nitrogens with zero attached hydrogens (tertiary/aromatic N) is 3. The highest BCUT2D eigenvalue weighted by Gasteiger charge is 2.17. The Morgan fingerprint density at radius 2 is 2.17 bits per heavy atom. The summed E-state index contributed by atoms with van der Waals surface area (Å²) in [5.74, 6) is -0.0653. The number of imidazole rings is 1. The van der Waals surface area contributed by atoms with Gasteiger partial charge in [-0.3, -0.25) is 4.79 Å². The number of rotatable bonds is 6. The van der Waals surface area contributed by atoms with Crippen LogP contribution >= 0.6 is 0 Å². The molecule has 8 nitrogen and oxygen atoms in total. The lowest BCUT2D eigenvalue weighted by Crippen LogP contribution is -2.15. The third-order valence-electron chi connectivity index (χ3n) is 3.52. The predicted octanol–water partition coefficient (Wildman–Crippen LogP) is 1.42. The third-order valence-corrected chi connectivity index (χ3v) is 3.52. The number of benzene rings is 1. The number of carbonyl (C=O) groups is 1. The first-order chi connectivity index (χ1) is 11.6. The number of primary amides is 1. The van der Waals surface area contributed by atoms with Crippen molar-refractivity contribution in [3.8, 4) is 0 Å². The molecule has 24 heavy (non-hydrogen) atoms. The maximum Gasteiger partial charge on any atom is 0.251 e. The Morgan fingerprint density at radius 1 is 1.38 bits per heavy atom. The second-order valence-corrected chi connectivity index (χ2v) is 5.15. The summed E-state index contributed by atoms with van der Waals surface area (Å²) in [6.07, 6.45) is 3.10.